The van der Waals surface area contributed by atoms with Gasteiger partial charge >= 0.3 is 12.3 Å². The minimum Gasteiger partial charge on any atom is -0.434 e. The summed E-state index contributed by atoms with van der Waals surface area (Å²) < 4.78 is 47.3. The molecule has 3 nitrogen and oxygen atoms in total. The van der Waals surface area contributed by atoms with Crippen molar-refractivity contribution < 1.29 is 27.4 Å². The molecule has 0 amide bonds. The number of allylic oxidation sites excluding steroid dienone is 2. The highest BCUT2D eigenvalue weighted by atomic mass is 19.4. The minimum atomic E-state index is -4.67. The zero-order valence-corrected chi connectivity index (χ0v) is 11.7. The first-order chi connectivity index (χ1) is 9.43. The monoisotopic (exact) mass is 294 g/mol. The van der Waals surface area contributed by atoms with Crippen LogP contribution in [0.3, 0.4) is 0 Å². The van der Waals surface area contributed by atoms with Crippen LogP contribution in [0.25, 0.3) is 0 Å². The lowest BCUT2D eigenvalue weighted by atomic mass is 9.90. The van der Waals surface area contributed by atoms with Crippen LogP contribution in [0, 0.1) is 5.92 Å². The summed E-state index contributed by atoms with van der Waals surface area (Å²) in [6, 6.07) is 0. The summed E-state index contributed by atoms with van der Waals surface area (Å²) in [4.78, 5) is 11.1. The molecule has 1 saturated carbocycles. The lowest BCUT2D eigenvalue weighted by Crippen LogP contribution is -2.20. The summed E-state index contributed by atoms with van der Waals surface area (Å²) in [5, 5.41) is 0. The molecule has 0 saturated heterocycles. The molecular weight excluding hydrogens is 273 g/mol. The second-order valence-electron chi connectivity index (χ2n) is 4.92. The van der Waals surface area contributed by atoms with E-state index in [0.29, 0.717) is 12.8 Å². The molecule has 0 N–H and O–H groups in total. The summed E-state index contributed by atoms with van der Waals surface area (Å²) in [5.41, 5.74) is 0. The highest BCUT2D eigenvalue weighted by Gasteiger charge is 2.38. The molecule has 0 atom stereocenters. The van der Waals surface area contributed by atoms with Crippen molar-refractivity contribution in [1.82, 2.24) is 0 Å². The van der Waals surface area contributed by atoms with E-state index in [1.807, 2.05) is 0 Å². The van der Waals surface area contributed by atoms with E-state index in [1.54, 1.807) is 0 Å². The number of carbonyl (C=O) groups is 1. The molecule has 0 aromatic carbocycles. The number of ether oxygens (including phenoxy) is 2. The Morgan fingerprint density at radius 2 is 1.70 bits per heavy atom. The Morgan fingerprint density at radius 3 is 2.20 bits per heavy atom. The third kappa shape index (κ3) is 6.30. The van der Waals surface area contributed by atoms with Crippen LogP contribution in [0.5, 0.6) is 0 Å². The van der Waals surface area contributed by atoms with Crippen LogP contribution < -0.4 is 0 Å². The van der Waals surface area contributed by atoms with Gasteiger partial charge in [-0.25, -0.2) is 4.79 Å². The smallest absolute Gasteiger partial charge is 0.434 e. The van der Waals surface area contributed by atoms with Gasteiger partial charge in [0, 0.05) is 0 Å². The summed E-state index contributed by atoms with van der Waals surface area (Å²) >= 11 is 0. The number of hydrogen-bond donors (Lipinski definition) is 0. The summed E-state index contributed by atoms with van der Waals surface area (Å²) in [7, 11) is 0. The van der Waals surface area contributed by atoms with Gasteiger partial charge in [-0.15, -0.1) is 0 Å². The lowest BCUT2D eigenvalue weighted by Gasteiger charge is -2.19. The maximum Gasteiger partial charge on any atom is 0.513 e. The first-order valence-electron chi connectivity index (χ1n) is 7.07. The van der Waals surface area contributed by atoms with Crippen LogP contribution in [-0.4, -0.2) is 18.9 Å². The van der Waals surface area contributed by atoms with Crippen LogP contribution in [-0.2, 0) is 9.47 Å². The largest absolute Gasteiger partial charge is 0.513 e. The van der Waals surface area contributed by atoms with Gasteiger partial charge in [0.05, 0.1) is 6.61 Å². The fourth-order valence-electron chi connectivity index (χ4n) is 2.29. The van der Waals surface area contributed by atoms with Crippen molar-refractivity contribution >= 4 is 6.16 Å². The standard InChI is InChI=1S/C14H21F3O3/c1-2-19-13(18)20-12(14(15,16)17)10-11-8-6-4-3-5-7-9-11/h10-11H,2-9H2,1H3. The van der Waals surface area contributed by atoms with Crippen LogP contribution in [0.15, 0.2) is 11.8 Å². The molecule has 20 heavy (non-hydrogen) atoms. The second kappa shape index (κ2) is 8.17. The Morgan fingerprint density at radius 1 is 1.15 bits per heavy atom. The predicted octanol–water partition coefficient (Wildman–Crippen LogP) is 4.97. The number of carbonyl (C=O) groups excluding carboxylic acids is 1. The third-order valence-corrected chi connectivity index (χ3v) is 3.27. The number of alkyl halides is 3. The zero-order valence-electron chi connectivity index (χ0n) is 11.7. The van der Waals surface area contributed by atoms with Crippen LogP contribution in [0.2, 0.25) is 0 Å². The molecular formula is C14H21F3O3. The van der Waals surface area contributed by atoms with Crippen molar-refractivity contribution in [2.45, 2.75) is 58.0 Å². The van der Waals surface area contributed by atoms with Crippen LogP contribution in [0.4, 0.5) is 18.0 Å². The fourth-order valence-corrected chi connectivity index (χ4v) is 2.29. The molecule has 0 spiro atoms. The molecule has 0 unspecified atom stereocenters. The predicted molar refractivity (Wildman–Crippen MR) is 68.1 cm³/mol. The van der Waals surface area contributed by atoms with Crippen LogP contribution in [0.1, 0.15) is 51.9 Å². The number of hydrogen-bond acceptors (Lipinski definition) is 3. The average molecular weight is 294 g/mol. The van der Waals surface area contributed by atoms with Gasteiger partial charge in [-0.05, 0) is 31.8 Å². The van der Waals surface area contributed by atoms with E-state index >= 15 is 0 Å². The van der Waals surface area contributed by atoms with E-state index in [1.165, 1.54) is 6.92 Å². The van der Waals surface area contributed by atoms with Gasteiger partial charge in [0.2, 0.25) is 5.76 Å². The van der Waals surface area contributed by atoms with E-state index in [2.05, 4.69) is 9.47 Å². The van der Waals surface area contributed by atoms with Gasteiger partial charge in [0.1, 0.15) is 0 Å². The van der Waals surface area contributed by atoms with E-state index in [0.717, 1.165) is 38.2 Å². The zero-order chi connectivity index (χ0) is 15.0. The van der Waals surface area contributed by atoms with E-state index < -0.39 is 18.1 Å². The molecule has 1 fully saturated rings. The van der Waals surface area contributed by atoms with E-state index in [9.17, 15) is 18.0 Å². The van der Waals surface area contributed by atoms with Gasteiger partial charge in [-0.1, -0.05) is 32.1 Å². The summed E-state index contributed by atoms with van der Waals surface area (Å²) in [5.74, 6) is -1.44. The Labute approximate surface area is 117 Å². The van der Waals surface area contributed by atoms with Crippen LogP contribution >= 0.6 is 0 Å². The van der Waals surface area contributed by atoms with E-state index in [4.69, 9.17) is 0 Å². The van der Waals surface area contributed by atoms with Crippen molar-refractivity contribution in [3.8, 4) is 0 Å². The number of rotatable bonds is 3. The third-order valence-electron chi connectivity index (χ3n) is 3.27. The molecule has 1 rings (SSSR count). The Balaban J connectivity index is 2.74. The molecule has 6 heteroatoms. The van der Waals surface area contributed by atoms with Gasteiger partial charge in [0.15, 0.2) is 0 Å². The first-order valence-corrected chi connectivity index (χ1v) is 7.07. The highest BCUT2D eigenvalue weighted by molar-refractivity contribution is 5.61. The molecule has 0 radical (unpaired) electrons. The average Bonchev–Trinajstić information content (AvgIpc) is 2.30. The number of halogens is 3. The lowest BCUT2D eigenvalue weighted by molar-refractivity contribution is -0.126. The normalized spacial score (nSPS) is 19.1. The van der Waals surface area contributed by atoms with E-state index in [-0.39, 0.29) is 12.5 Å². The van der Waals surface area contributed by atoms with Crippen molar-refractivity contribution in [1.29, 1.82) is 0 Å². The molecule has 1 aliphatic carbocycles. The maximum atomic E-state index is 12.9. The Bertz CT molecular complexity index is 329. The Hall–Kier alpha value is -1.20. The summed E-state index contributed by atoms with van der Waals surface area (Å²) in [6.07, 6.45) is 1.52. The van der Waals surface area contributed by atoms with Crippen molar-refractivity contribution in [3.63, 3.8) is 0 Å². The highest BCUT2D eigenvalue weighted by Crippen LogP contribution is 2.31. The minimum absolute atomic E-state index is 0.0204. The molecule has 1 aliphatic rings. The quantitative estimate of drug-likeness (QED) is 0.545. The fraction of sp³-hybridized carbons (Fsp3) is 0.786. The Kier molecular flexibility index (Phi) is 6.88. The second-order valence-corrected chi connectivity index (χ2v) is 4.92. The molecule has 0 aliphatic heterocycles. The molecule has 0 heterocycles. The van der Waals surface area contributed by atoms with Gasteiger partial charge in [0.25, 0.3) is 0 Å². The SMILES string of the molecule is CCOC(=O)OC(=CC1CCCCCCC1)C(F)(F)F. The first kappa shape index (κ1) is 16.9. The molecule has 116 valence electrons. The van der Waals surface area contributed by atoms with Crippen molar-refractivity contribution in [3.05, 3.63) is 11.8 Å². The summed E-state index contributed by atoms with van der Waals surface area (Å²) in [6.45, 7) is 1.49. The molecule has 0 aromatic rings. The van der Waals surface area contributed by atoms with Gasteiger partial charge in [-0.2, -0.15) is 13.2 Å². The maximum absolute atomic E-state index is 12.9. The van der Waals surface area contributed by atoms with Crippen molar-refractivity contribution in [2.75, 3.05) is 6.61 Å². The van der Waals surface area contributed by atoms with Gasteiger partial charge in [-0.3, -0.25) is 0 Å². The van der Waals surface area contributed by atoms with Crippen molar-refractivity contribution in [2.24, 2.45) is 5.92 Å². The van der Waals surface area contributed by atoms with Gasteiger partial charge < -0.3 is 9.47 Å². The molecule has 0 bridgehead atoms. The topological polar surface area (TPSA) is 35.5 Å². The molecule has 0 aromatic heterocycles.